The lowest BCUT2D eigenvalue weighted by atomic mass is 10.1. The number of rotatable bonds is 5. The van der Waals surface area contributed by atoms with Gasteiger partial charge in [-0.1, -0.05) is 30.3 Å². The highest BCUT2D eigenvalue weighted by Crippen LogP contribution is 2.08. The second-order valence-electron chi connectivity index (χ2n) is 5.36. The van der Waals surface area contributed by atoms with Gasteiger partial charge in [-0.05, 0) is 49.6 Å². The Morgan fingerprint density at radius 2 is 1.65 bits per heavy atom. The number of amides is 2. The number of carbonyl (C=O) groups is 2. The van der Waals surface area contributed by atoms with Crippen LogP contribution in [0.25, 0.3) is 0 Å². The van der Waals surface area contributed by atoms with Crippen molar-refractivity contribution in [3.8, 4) is 0 Å². The van der Waals surface area contributed by atoms with Crippen molar-refractivity contribution < 1.29 is 14.0 Å². The Morgan fingerprint density at radius 1 is 1.00 bits per heavy atom. The number of anilines is 1. The molecule has 0 spiro atoms. The number of nitrogens with one attached hydrogen (secondary N) is 2. The molecular formula is C18H19FN2O2. The van der Waals surface area contributed by atoms with Crippen molar-refractivity contribution in [2.75, 3.05) is 5.32 Å². The van der Waals surface area contributed by atoms with E-state index in [1.165, 1.54) is 29.8 Å². The minimum Gasteiger partial charge on any atom is -0.345 e. The summed E-state index contributed by atoms with van der Waals surface area (Å²) in [6, 6.07) is 15.1. The predicted molar refractivity (Wildman–Crippen MR) is 87.4 cm³/mol. The maximum Gasteiger partial charge on any atom is 0.313 e. The van der Waals surface area contributed by atoms with E-state index in [9.17, 15) is 14.0 Å². The fourth-order valence-electron chi connectivity index (χ4n) is 2.11. The van der Waals surface area contributed by atoms with Crippen molar-refractivity contribution in [1.82, 2.24) is 5.32 Å². The van der Waals surface area contributed by atoms with Crippen LogP contribution in [0.3, 0.4) is 0 Å². The monoisotopic (exact) mass is 314 g/mol. The number of carbonyl (C=O) groups excluding carboxylic acids is 2. The minimum atomic E-state index is -0.761. The number of hydrogen-bond donors (Lipinski definition) is 2. The standard InChI is InChI=1S/C18H19FN2O2/c1-13(7-8-14-5-3-2-4-6-14)20-17(22)18(23)21-16-11-9-15(19)10-12-16/h2-6,9-13H,7-8H2,1H3,(H,20,22)(H,21,23). The number of hydrogen-bond acceptors (Lipinski definition) is 2. The van der Waals surface area contributed by atoms with Gasteiger partial charge in [0.25, 0.3) is 0 Å². The first-order valence-electron chi connectivity index (χ1n) is 7.46. The van der Waals surface area contributed by atoms with E-state index in [1.54, 1.807) is 0 Å². The average molecular weight is 314 g/mol. The van der Waals surface area contributed by atoms with Gasteiger partial charge in [-0.15, -0.1) is 0 Å². The molecular weight excluding hydrogens is 295 g/mol. The molecule has 0 saturated heterocycles. The molecule has 0 aromatic heterocycles. The quantitative estimate of drug-likeness (QED) is 0.834. The van der Waals surface area contributed by atoms with E-state index in [0.29, 0.717) is 5.69 Å². The number of aryl methyl sites for hydroxylation is 1. The van der Waals surface area contributed by atoms with E-state index < -0.39 is 17.6 Å². The molecule has 2 amide bonds. The van der Waals surface area contributed by atoms with Gasteiger partial charge in [0.2, 0.25) is 0 Å². The van der Waals surface area contributed by atoms with Crippen LogP contribution < -0.4 is 10.6 Å². The van der Waals surface area contributed by atoms with Crippen molar-refractivity contribution in [2.45, 2.75) is 25.8 Å². The molecule has 2 rings (SSSR count). The van der Waals surface area contributed by atoms with Crippen LogP contribution in [0.15, 0.2) is 54.6 Å². The first kappa shape index (κ1) is 16.7. The molecule has 0 bridgehead atoms. The summed E-state index contributed by atoms with van der Waals surface area (Å²) in [5.41, 5.74) is 1.56. The third-order valence-corrected chi connectivity index (χ3v) is 3.39. The molecule has 0 saturated carbocycles. The molecule has 1 unspecified atom stereocenters. The Kier molecular flexibility index (Phi) is 5.86. The summed E-state index contributed by atoms with van der Waals surface area (Å²) < 4.78 is 12.8. The topological polar surface area (TPSA) is 58.2 Å². The third-order valence-electron chi connectivity index (χ3n) is 3.39. The Bertz CT molecular complexity index is 656. The summed E-state index contributed by atoms with van der Waals surface area (Å²) >= 11 is 0. The first-order chi connectivity index (χ1) is 11.0. The summed E-state index contributed by atoms with van der Waals surface area (Å²) in [6.45, 7) is 1.85. The van der Waals surface area contributed by atoms with Gasteiger partial charge in [-0.25, -0.2) is 4.39 Å². The van der Waals surface area contributed by atoms with Crippen LogP contribution in [0, 0.1) is 5.82 Å². The van der Waals surface area contributed by atoms with Crippen LogP contribution >= 0.6 is 0 Å². The van der Waals surface area contributed by atoms with Crippen LogP contribution in [0.1, 0.15) is 18.9 Å². The van der Waals surface area contributed by atoms with E-state index in [1.807, 2.05) is 37.3 Å². The van der Waals surface area contributed by atoms with Crippen LogP contribution in [0.5, 0.6) is 0 Å². The molecule has 4 nitrogen and oxygen atoms in total. The lowest BCUT2D eigenvalue weighted by Crippen LogP contribution is -2.40. The fraction of sp³-hybridized carbons (Fsp3) is 0.222. The van der Waals surface area contributed by atoms with E-state index in [2.05, 4.69) is 10.6 Å². The molecule has 0 radical (unpaired) electrons. The van der Waals surface area contributed by atoms with Crippen molar-refractivity contribution >= 4 is 17.5 Å². The smallest absolute Gasteiger partial charge is 0.313 e. The lowest BCUT2D eigenvalue weighted by Gasteiger charge is -2.13. The second kappa shape index (κ2) is 8.08. The summed E-state index contributed by atoms with van der Waals surface area (Å²) in [7, 11) is 0. The molecule has 0 heterocycles. The molecule has 2 aromatic rings. The molecule has 120 valence electrons. The largest absolute Gasteiger partial charge is 0.345 e. The molecule has 0 aliphatic carbocycles. The minimum absolute atomic E-state index is 0.123. The molecule has 2 aromatic carbocycles. The van der Waals surface area contributed by atoms with Crippen molar-refractivity contribution in [1.29, 1.82) is 0 Å². The van der Waals surface area contributed by atoms with E-state index in [-0.39, 0.29) is 6.04 Å². The number of halogens is 1. The van der Waals surface area contributed by atoms with Crippen LogP contribution in [-0.4, -0.2) is 17.9 Å². The van der Waals surface area contributed by atoms with Gasteiger partial charge in [0.15, 0.2) is 0 Å². The zero-order valence-electron chi connectivity index (χ0n) is 12.9. The summed E-state index contributed by atoms with van der Waals surface area (Å²) in [5.74, 6) is -1.86. The Hall–Kier alpha value is -2.69. The van der Waals surface area contributed by atoms with Crippen LogP contribution in [-0.2, 0) is 16.0 Å². The van der Waals surface area contributed by atoms with Gasteiger partial charge in [0.1, 0.15) is 5.82 Å². The molecule has 23 heavy (non-hydrogen) atoms. The molecule has 5 heteroatoms. The molecule has 1 atom stereocenters. The second-order valence-corrected chi connectivity index (χ2v) is 5.36. The lowest BCUT2D eigenvalue weighted by molar-refractivity contribution is -0.136. The maximum atomic E-state index is 12.8. The van der Waals surface area contributed by atoms with Crippen molar-refractivity contribution in [2.24, 2.45) is 0 Å². The summed E-state index contributed by atoms with van der Waals surface area (Å²) in [6.07, 6.45) is 1.56. The molecule has 2 N–H and O–H groups in total. The number of benzene rings is 2. The van der Waals surface area contributed by atoms with Crippen LogP contribution in [0.4, 0.5) is 10.1 Å². The normalized spacial score (nSPS) is 11.6. The Balaban J connectivity index is 1.78. The maximum absolute atomic E-state index is 12.8. The van der Waals surface area contributed by atoms with Gasteiger partial charge in [-0.2, -0.15) is 0 Å². The van der Waals surface area contributed by atoms with Crippen LogP contribution in [0.2, 0.25) is 0 Å². The predicted octanol–water partition coefficient (Wildman–Crippen LogP) is 2.90. The average Bonchev–Trinajstić information content (AvgIpc) is 2.56. The Labute approximate surface area is 134 Å². The Morgan fingerprint density at radius 3 is 2.30 bits per heavy atom. The van der Waals surface area contributed by atoms with E-state index >= 15 is 0 Å². The van der Waals surface area contributed by atoms with Gasteiger partial charge < -0.3 is 10.6 Å². The highest BCUT2D eigenvalue weighted by molar-refractivity contribution is 6.39. The molecule has 0 aliphatic rings. The van der Waals surface area contributed by atoms with E-state index in [4.69, 9.17) is 0 Å². The molecule has 0 fully saturated rings. The van der Waals surface area contributed by atoms with Crippen molar-refractivity contribution in [3.63, 3.8) is 0 Å². The van der Waals surface area contributed by atoms with Crippen molar-refractivity contribution in [3.05, 3.63) is 66.0 Å². The van der Waals surface area contributed by atoms with Gasteiger partial charge in [0, 0.05) is 11.7 Å². The summed E-state index contributed by atoms with van der Waals surface area (Å²) in [4.78, 5) is 23.6. The van der Waals surface area contributed by atoms with E-state index in [0.717, 1.165) is 12.8 Å². The highest BCUT2D eigenvalue weighted by Gasteiger charge is 2.16. The fourth-order valence-corrected chi connectivity index (χ4v) is 2.11. The summed E-state index contributed by atoms with van der Waals surface area (Å²) in [5, 5.41) is 5.09. The SMILES string of the molecule is CC(CCc1ccccc1)NC(=O)C(=O)Nc1ccc(F)cc1. The highest BCUT2D eigenvalue weighted by atomic mass is 19.1. The third kappa shape index (κ3) is 5.54. The van der Waals surface area contributed by atoms with Gasteiger partial charge >= 0.3 is 11.8 Å². The van der Waals surface area contributed by atoms with Gasteiger partial charge in [0.05, 0.1) is 0 Å². The van der Waals surface area contributed by atoms with Gasteiger partial charge in [-0.3, -0.25) is 9.59 Å². The zero-order valence-corrected chi connectivity index (χ0v) is 12.9. The zero-order chi connectivity index (χ0) is 16.7. The molecule has 0 aliphatic heterocycles. The first-order valence-corrected chi connectivity index (χ1v) is 7.46.